The first-order valence-electron chi connectivity index (χ1n) is 9.91. The van der Waals surface area contributed by atoms with Crippen molar-refractivity contribution < 1.29 is 39.5 Å². The standard InChI is InChI=1S/C21H16F6N4O3S/c1-3-35(32,33)19-17(29-16-10-13(20(22,23)24)8-9-31(16)19)18-28-11-15(30(18)2)12-4-6-14(7-5-12)34-21(25,26)27/h4-11H,3H2,1-2H3. The summed E-state index contributed by atoms with van der Waals surface area (Å²) in [6, 6.07) is 6.40. The number of halogens is 6. The lowest BCUT2D eigenvalue weighted by Gasteiger charge is -2.10. The summed E-state index contributed by atoms with van der Waals surface area (Å²) >= 11 is 0. The summed E-state index contributed by atoms with van der Waals surface area (Å²) in [7, 11) is -2.44. The van der Waals surface area contributed by atoms with Crippen molar-refractivity contribution >= 4 is 15.5 Å². The van der Waals surface area contributed by atoms with Crippen LogP contribution in [0.4, 0.5) is 26.3 Å². The highest BCUT2D eigenvalue weighted by molar-refractivity contribution is 7.91. The van der Waals surface area contributed by atoms with Gasteiger partial charge in [-0.15, -0.1) is 13.2 Å². The number of alkyl halides is 6. The number of nitrogens with zero attached hydrogens (tertiary/aromatic N) is 4. The largest absolute Gasteiger partial charge is 0.573 e. The van der Waals surface area contributed by atoms with Crippen LogP contribution in [0, 0.1) is 0 Å². The van der Waals surface area contributed by atoms with Gasteiger partial charge >= 0.3 is 12.5 Å². The minimum absolute atomic E-state index is 0.0416. The molecule has 7 nitrogen and oxygen atoms in total. The van der Waals surface area contributed by atoms with Gasteiger partial charge < -0.3 is 9.30 Å². The predicted molar refractivity (Wildman–Crippen MR) is 112 cm³/mol. The molecule has 0 N–H and O–H groups in total. The van der Waals surface area contributed by atoms with Crippen LogP contribution in [-0.2, 0) is 23.1 Å². The molecule has 186 valence electrons. The zero-order valence-corrected chi connectivity index (χ0v) is 18.8. The average molecular weight is 518 g/mol. The van der Waals surface area contributed by atoms with E-state index in [1.165, 1.54) is 36.9 Å². The van der Waals surface area contributed by atoms with Gasteiger partial charge in [-0.2, -0.15) is 13.2 Å². The molecule has 0 aliphatic carbocycles. The van der Waals surface area contributed by atoms with E-state index in [4.69, 9.17) is 0 Å². The number of ether oxygens (including phenoxy) is 1. The van der Waals surface area contributed by atoms with Crippen LogP contribution >= 0.6 is 0 Å². The number of hydrogen-bond donors (Lipinski definition) is 0. The molecule has 0 atom stereocenters. The second-order valence-electron chi connectivity index (χ2n) is 7.41. The molecule has 0 radical (unpaired) electrons. The van der Waals surface area contributed by atoms with Gasteiger partial charge in [0.05, 0.1) is 23.2 Å². The lowest BCUT2D eigenvalue weighted by atomic mass is 10.1. The van der Waals surface area contributed by atoms with Crippen molar-refractivity contribution in [1.82, 2.24) is 18.9 Å². The van der Waals surface area contributed by atoms with Gasteiger partial charge in [0.25, 0.3) is 0 Å². The van der Waals surface area contributed by atoms with Crippen molar-refractivity contribution in [3.63, 3.8) is 0 Å². The van der Waals surface area contributed by atoms with Gasteiger partial charge in [-0.25, -0.2) is 18.4 Å². The summed E-state index contributed by atoms with van der Waals surface area (Å²) in [5.74, 6) is -0.729. The highest BCUT2D eigenvalue weighted by Gasteiger charge is 2.33. The Morgan fingerprint density at radius 2 is 1.69 bits per heavy atom. The molecule has 0 aliphatic rings. The number of rotatable bonds is 5. The number of aromatic nitrogens is 4. The van der Waals surface area contributed by atoms with E-state index in [1.54, 1.807) is 0 Å². The lowest BCUT2D eigenvalue weighted by Crippen LogP contribution is -2.16. The molecule has 4 aromatic rings. The van der Waals surface area contributed by atoms with Crippen molar-refractivity contribution in [3.8, 4) is 28.5 Å². The highest BCUT2D eigenvalue weighted by Crippen LogP contribution is 2.35. The van der Waals surface area contributed by atoms with Crippen molar-refractivity contribution in [3.05, 3.63) is 54.4 Å². The molecule has 0 saturated carbocycles. The number of imidazole rings is 2. The molecule has 0 spiro atoms. The summed E-state index contributed by atoms with van der Waals surface area (Å²) in [6.07, 6.45) is -7.17. The van der Waals surface area contributed by atoms with Crippen LogP contribution in [0.2, 0.25) is 0 Å². The van der Waals surface area contributed by atoms with E-state index in [0.717, 1.165) is 34.9 Å². The summed E-state index contributed by atoms with van der Waals surface area (Å²) in [4.78, 5) is 8.36. The molecular weight excluding hydrogens is 502 g/mol. The fraction of sp³-hybridized carbons (Fsp3) is 0.238. The molecule has 0 bridgehead atoms. The Balaban J connectivity index is 1.85. The van der Waals surface area contributed by atoms with Crippen LogP contribution in [0.15, 0.2) is 53.8 Å². The molecule has 0 fully saturated rings. The molecule has 14 heteroatoms. The van der Waals surface area contributed by atoms with Gasteiger partial charge in [0, 0.05) is 18.8 Å². The molecule has 0 saturated heterocycles. The minimum atomic E-state index is -4.85. The van der Waals surface area contributed by atoms with Crippen molar-refractivity contribution in [2.45, 2.75) is 24.5 Å². The zero-order valence-electron chi connectivity index (χ0n) is 18.0. The Hall–Kier alpha value is -3.55. The second kappa shape index (κ2) is 8.29. The van der Waals surface area contributed by atoms with Gasteiger partial charge in [-0.3, -0.25) is 4.40 Å². The van der Waals surface area contributed by atoms with Crippen LogP contribution in [0.5, 0.6) is 5.75 Å². The van der Waals surface area contributed by atoms with Gasteiger partial charge in [0.1, 0.15) is 17.1 Å². The molecule has 3 heterocycles. The fourth-order valence-electron chi connectivity index (χ4n) is 3.50. The maximum absolute atomic E-state index is 13.2. The molecule has 0 amide bonds. The first kappa shape index (κ1) is 24.6. The Kier molecular flexibility index (Phi) is 5.82. The van der Waals surface area contributed by atoms with E-state index >= 15 is 0 Å². The van der Waals surface area contributed by atoms with E-state index in [-0.39, 0.29) is 27.9 Å². The molecule has 35 heavy (non-hydrogen) atoms. The summed E-state index contributed by atoms with van der Waals surface area (Å²) < 4.78 is 109. The Labute approximate surface area is 194 Å². The van der Waals surface area contributed by atoms with Gasteiger partial charge in [0.2, 0.25) is 0 Å². The third-order valence-electron chi connectivity index (χ3n) is 5.17. The van der Waals surface area contributed by atoms with Crippen LogP contribution < -0.4 is 4.74 Å². The van der Waals surface area contributed by atoms with Crippen LogP contribution in [0.25, 0.3) is 28.4 Å². The van der Waals surface area contributed by atoms with Crippen LogP contribution in [0.3, 0.4) is 0 Å². The third-order valence-corrected chi connectivity index (χ3v) is 6.91. The van der Waals surface area contributed by atoms with E-state index in [1.807, 2.05) is 0 Å². The second-order valence-corrected chi connectivity index (χ2v) is 9.60. The van der Waals surface area contributed by atoms with Crippen LogP contribution in [-0.4, -0.2) is 39.5 Å². The monoisotopic (exact) mass is 518 g/mol. The Bertz CT molecular complexity index is 1500. The fourth-order valence-corrected chi connectivity index (χ4v) is 4.66. The summed E-state index contributed by atoms with van der Waals surface area (Å²) in [6.45, 7) is 1.39. The minimum Gasteiger partial charge on any atom is -0.406 e. The average Bonchev–Trinajstić information content (AvgIpc) is 3.32. The van der Waals surface area contributed by atoms with Crippen molar-refractivity contribution in [2.75, 3.05) is 5.75 Å². The number of benzene rings is 1. The lowest BCUT2D eigenvalue weighted by molar-refractivity contribution is -0.274. The third kappa shape index (κ3) is 4.70. The summed E-state index contributed by atoms with van der Waals surface area (Å²) in [5.41, 5.74) is -0.559. The van der Waals surface area contributed by atoms with Gasteiger partial charge in [-0.1, -0.05) is 6.92 Å². The molecule has 3 aromatic heterocycles. The normalized spacial score (nSPS) is 12.9. The molecule has 0 unspecified atom stereocenters. The quantitative estimate of drug-likeness (QED) is 0.343. The van der Waals surface area contributed by atoms with E-state index in [2.05, 4.69) is 14.7 Å². The first-order valence-corrected chi connectivity index (χ1v) is 11.6. The molecular formula is C21H16F6N4O3S. The Morgan fingerprint density at radius 1 is 1.03 bits per heavy atom. The van der Waals surface area contributed by atoms with E-state index < -0.39 is 33.7 Å². The number of sulfone groups is 1. The van der Waals surface area contributed by atoms with Gasteiger partial charge in [-0.05, 0) is 36.4 Å². The maximum Gasteiger partial charge on any atom is 0.573 e. The van der Waals surface area contributed by atoms with Crippen molar-refractivity contribution in [1.29, 1.82) is 0 Å². The van der Waals surface area contributed by atoms with Crippen molar-refractivity contribution in [2.24, 2.45) is 7.05 Å². The Morgan fingerprint density at radius 3 is 2.26 bits per heavy atom. The predicted octanol–water partition coefficient (Wildman–Crippen LogP) is 5.11. The molecule has 4 rings (SSSR count). The van der Waals surface area contributed by atoms with E-state index in [9.17, 15) is 34.8 Å². The topological polar surface area (TPSA) is 78.5 Å². The first-order chi connectivity index (χ1) is 16.2. The number of fused-ring (bicyclic) bond motifs is 1. The van der Waals surface area contributed by atoms with Crippen LogP contribution in [0.1, 0.15) is 12.5 Å². The number of pyridine rings is 1. The molecule has 0 aliphatic heterocycles. The smallest absolute Gasteiger partial charge is 0.406 e. The molecule has 1 aromatic carbocycles. The number of hydrogen-bond acceptors (Lipinski definition) is 5. The highest BCUT2D eigenvalue weighted by atomic mass is 32.2. The summed E-state index contributed by atoms with van der Waals surface area (Å²) in [5, 5.41) is -0.321. The maximum atomic E-state index is 13.2. The van der Waals surface area contributed by atoms with Gasteiger partial charge in [0.15, 0.2) is 20.7 Å². The van der Waals surface area contributed by atoms with E-state index in [0.29, 0.717) is 11.3 Å². The SMILES string of the molecule is CCS(=O)(=O)c1c(-c2ncc(-c3ccc(OC(F)(F)F)cc3)n2C)nc2cc(C(F)(F)F)ccn12. The zero-order chi connectivity index (χ0) is 25.8.